The van der Waals surface area contributed by atoms with Gasteiger partial charge in [0.1, 0.15) is 0 Å². The number of aromatic amines is 1. The van der Waals surface area contributed by atoms with Gasteiger partial charge >= 0.3 is 0 Å². The summed E-state index contributed by atoms with van der Waals surface area (Å²) in [7, 11) is 1.74. The minimum atomic E-state index is -0.186. The van der Waals surface area contributed by atoms with Crippen molar-refractivity contribution in [2.75, 3.05) is 12.8 Å². The second-order valence-corrected chi connectivity index (χ2v) is 5.42. The molecule has 1 aromatic heterocycles. The van der Waals surface area contributed by atoms with Gasteiger partial charge < -0.3 is 10.6 Å². The van der Waals surface area contributed by atoms with Crippen LogP contribution < -0.4 is 5.73 Å². The van der Waals surface area contributed by atoms with E-state index in [-0.39, 0.29) is 11.6 Å². The molecule has 0 aliphatic heterocycles. The van der Waals surface area contributed by atoms with Crippen LogP contribution in [0.4, 0.5) is 5.69 Å². The Kier molecular flexibility index (Phi) is 4.44. The van der Waals surface area contributed by atoms with Gasteiger partial charge in [0, 0.05) is 18.1 Å². The maximum absolute atomic E-state index is 12.4. The Morgan fingerprint density at radius 1 is 1.45 bits per heavy atom. The molecule has 0 saturated heterocycles. The zero-order chi connectivity index (χ0) is 14.7. The lowest BCUT2D eigenvalue weighted by molar-refractivity contribution is 0.0780. The maximum atomic E-state index is 12.4. The summed E-state index contributed by atoms with van der Waals surface area (Å²) < 4.78 is 0.976. The smallest absolute Gasteiger partial charge is 0.276 e. The van der Waals surface area contributed by atoms with Gasteiger partial charge in [-0.15, -0.1) is 0 Å². The highest BCUT2D eigenvalue weighted by molar-refractivity contribution is 9.10. The molecule has 2 aromatic rings. The standard InChI is InChI=1S/C14H17BrN4O/c1-3-11-12(16)13(18-17-11)14(20)19(2)8-9-6-4-5-7-10(9)15/h4-7H,3,8,16H2,1-2H3,(H,17,18). The second-order valence-electron chi connectivity index (χ2n) is 4.57. The predicted octanol–water partition coefficient (Wildman–Crippen LogP) is 2.59. The van der Waals surface area contributed by atoms with Gasteiger partial charge in [0.05, 0.1) is 11.4 Å². The van der Waals surface area contributed by atoms with Crippen molar-refractivity contribution >= 4 is 27.5 Å². The van der Waals surface area contributed by atoms with Gasteiger partial charge in [0.15, 0.2) is 5.69 Å². The summed E-state index contributed by atoms with van der Waals surface area (Å²) in [6.45, 7) is 2.46. The van der Waals surface area contributed by atoms with Crippen LogP contribution in [0.3, 0.4) is 0 Å². The van der Waals surface area contributed by atoms with Crippen LogP contribution in [0.1, 0.15) is 28.7 Å². The van der Waals surface area contributed by atoms with Crippen LogP contribution in [0.25, 0.3) is 0 Å². The molecular weight excluding hydrogens is 320 g/mol. The van der Waals surface area contributed by atoms with Gasteiger partial charge in [0.2, 0.25) is 0 Å². The average molecular weight is 337 g/mol. The molecule has 0 aliphatic rings. The summed E-state index contributed by atoms with van der Waals surface area (Å²) >= 11 is 3.48. The van der Waals surface area contributed by atoms with Crippen LogP contribution in [-0.2, 0) is 13.0 Å². The third-order valence-corrected chi connectivity index (χ3v) is 3.92. The minimum absolute atomic E-state index is 0.186. The number of halogens is 1. The molecule has 0 aliphatic carbocycles. The number of aromatic nitrogens is 2. The molecule has 0 fully saturated rings. The first-order valence-electron chi connectivity index (χ1n) is 6.36. The molecule has 1 amide bonds. The number of nitrogen functional groups attached to an aromatic ring is 1. The molecule has 1 aromatic carbocycles. The van der Waals surface area contributed by atoms with Gasteiger partial charge in [0.25, 0.3) is 5.91 Å². The number of nitrogens with two attached hydrogens (primary N) is 1. The van der Waals surface area contributed by atoms with E-state index >= 15 is 0 Å². The Morgan fingerprint density at radius 3 is 2.75 bits per heavy atom. The highest BCUT2D eigenvalue weighted by Crippen LogP contribution is 2.20. The molecule has 5 nitrogen and oxygen atoms in total. The number of hydrogen-bond acceptors (Lipinski definition) is 3. The van der Waals surface area contributed by atoms with Gasteiger partial charge in [-0.25, -0.2) is 0 Å². The number of amides is 1. The number of benzene rings is 1. The lowest BCUT2D eigenvalue weighted by Gasteiger charge is -2.17. The number of nitrogens with zero attached hydrogens (tertiary/aromatic N) is 2. The molecule has 20 heavy (non-hydrogen) atoms. The van der Waals surface area contributed by atoms with Crippen molar-refractivity contribution in [3.05, 3.63) is 45.7 Å². The number of carbonyl (C=O) groups is 1. The van der Waals surface area contributed by atoms with Crippen molar-refractivity contribution in [1.82, 2.24) is 15.1 Å². The summed E-state index contributed by atoms with van der Waals surface area (Å²) in [6.07, 6.45) is 0.722. The Bertz CT molecular complexity index is 623. The van der Waals surface area contributed by atoms with Crippen LogP contribution in [0.2, 0.25) is 0 Å². The first-order valence-corrected chi connectivity index (χ1v) is 7.15. The molecule has 0 bridgehead atoms. The lowest BCUT2D eigenvalue weighted by atomic mass is 10.2. The van der Waals surface area contributed by atoms with Gasteiger partial charge in [-0.1, -0.05) is 41.1 Å². The van der Waals surface area contributed by atoms with Crippen LogP contribution in [-0.4, -0.2) is 28.1 Å². The first-order chi connectivity index (χ1) is 9.54. The van der Waals surface area contributed by atoms with E-state index in [0.29, 0.717) is 12.2 Å². The number of aryl methyl sites for hydroxylation is 1. The van der Waals surface area contributed by atoms with Crippen molar-refractivity contribution in [2.45, 2.75) is 19.9 Å². The number of rotatable bonds is 4. The quantitative estimate of drug-likeness (QED) is 0.900. The number of carbonyl (C=O) groups excluding carboxylic acids is 1. The van der Waals surface area contributed by atoms with E-state index in [2.05, 4.69) is 26.1 Å². The molecule has 0 saturated carbocycles. The summed E-state index contributed by atoms with van der Waals surface area (Å²) in [6, 6.07) is 7.80. The Labute approximate surface area is 126 Å². The summed E-state index contributed by atoms with van der Waals surface area (Å²) in [5.74, 6) is -0.186. The zero-order valence-electron chi connectivity index (χ0n) is 11.5. The van der Waals surface area contributed by atoms with Crippen molar-refractivity contribution in [2.24, 2.45) is 0 Å². The maximum Gasteiger partial charge on any atom is 0.276 e. The topological polar surface area (TPSA) is 75.0 Å². The van der Waals surface area contributed by atoms with Crippen LogP contribution in [0.5, 0.6) is 0 Å². The van der Waals surface area contributed by atoms with Crippen molar-refractivity contribution in [3.63, 3.8) is 0 Å². The van der Waals surface area contributed by atoms with Crippen molar-refractivity contribution in [1.29, 1.82) is 0 Å². The number of H-pyrrole nitrogens is 1. The van der Waals surface area contributed by atoms with Gasteiger partial charge in [-0.05, 0) is 18.1 Å². The number of nitrogens with one attached hydrogen (secondary N) is 1. The van der Waals surface area contributed by atoms with E-state index in [1.54, 1.807) is 11.9 Å². The van der Waals surface area contributed by atoms with E-state index in [9.17, 15) is 4.79 Å². The molecule has 6 heteroatoms. The fourth-order valence-corrected chi connectivity index (χ4v) is 2.36. The van der Waals surface area contributed by atoms with E-state index < -0.39 is 0 Å². The fourth-order valence-electron chi connectivity index (χ4n) is 1.95. The zero-order valence-corrected chi connectivity index (χ0v) is 13.1. The summed E-state index contributed by atoms with van der Waals surface area (Å²) in [5, 5.41) is 6.82. The molecule has 2 rings (SSSR count). The molecule has 0 unspecified atom stereocenters. The molecule has 106 valence electrons. The first kappa shape index (κ1) is 14.6. The predicted molar refractivity (Wildman–Crippen MR) is 82.3 cm³/mol. The molecule has 0 radical (unpaired) electrons. The Balaban J connectivity index is 2.17. The SMILES string of the molecule is CCc1[nH]nc(C(=O)N(C)Cc2ccccc2Br)c1N. The molecule has 0 spiro atoms. The lowest BCUT2D eigenvalue weighted by Crippen LogP contribution is -2.27. The fraction of sp³-hybridized carbons (Fsp3) is 0.286. The van der Waals surface area contributed by atoms with E-state index in [0.717, 1.165) is 22.2 Å². The summed E-state index contributed by atoms with van der Waals surface area (Å²) in [4.78, 5) is 14.0. The molecule has 0 atom stereocenters. The highest BCUT2D eigenvalue weighted by Gasteiger charge is 2.20. The molecule has 1 heterocycles. The van der Waals surface area contributed by atoms with Crippen LogP contribution in [0.15, 0.2) is 28.7 Å². The van der Waals surface area contributed by atoms with Crippen molar-refractivity contribution < 1.29 is 4.79 Å². The number of anilines is 1. The largest absolute Gasteiger partial charge is 0.395 e. The van der Waals surface area contributed by atoms with E-state index in [1.807, 2.05) is 31.2 Å². The average Bonchev–Trinajstić information content (AvgIpc) is 2.81. The van der Waals surface area contributed by atoms with Gasteiger partial charge in [-0.2, -0.15) is 5.10 Å². The highest BCUT2D eigenvalue weighted by atomic mass is 79.9. The van der Waals surface area contributed by atoms with Crippen LogP contribution in [0, 0.1) is 0 Å². The van der Waals surface area contributed by atoms with Crippen molar-refractivity contribution in [3.8, 4) is 0 Å². The molecule has 3 N–H and O–H groups in total. The Hall–Kier alpha value is -1.82. The third-order valence-electron chi connectivity index (χ3n) is 3.15. The second kappa shape index (κ2) is 6.09. The summed E-state index contributed by atoms with van der Waals surface area (Å²) in [5.41, 5.74) is 8.48. The Morgan fingerprint density at radius 2 is 2.15 bits per heavy atom. The number of hydrogen-bond donors (Lipinski definition) is 2. The monoisotopic (exact) mass is 336 g/mol. The minimum Gasteiger partial charge on any atom is -0.395 e. The normalized spacial score (nSPS) is 10.6. The van der Waals surface area contributed by atoms with E-state index in [1.165, 1.54) is 0 Å². The van der Waals surface area contributed by atoms with E-state index in [4.69, 9.17) is 5.73 Å². The third kappa shape index (κ3) is 2.85. The van der Waals surface area contributed by atoms with Crippen LogP contribution >= 0.6 is 15.9 Å². The molecular formula is C14H17BrN4O. The van der Waals surface area contributed by atoms with Gasteiger partial charge in [-0.3, -0.25) is 9.89 Å².